The van der Waals surface area contributed by atoms with Crippen molar-refractivity contribution >= 4 is 10.8 Å². The number of fused-ring (bicyclic) bond motifs is 1. The van der Waals surface area contributed by atoms with Crippen LogP contribution in [-0.4, -0.2) is 0 Å². The number of hydrogen-bond acceptors (Lipinski definition) is 2. The smallest absolute Gasteiger partial charge is 0.130 e. The summed E-state index contributed by atoms with van der Waals surface area (Å²) in [5.41, 5.74) is 7.86. The topological polar surface area (TPSA) is 35.2 Å². The van der Waals surface area contributed by atoms with Crippen molar-refractivity contribution in [2.45, 2.75) is 13.5 Å². The lowest BCUT2D eigenvalue weighted by Crippen LogP contribution is -1.97. The summed E-state index contributed by atoms with van der Waals surface area (Å²) in [6.45, 7) is 2.56. The standard InChI is InChI=1S/C18H17NO/c1-13-6-7-14(12-19)10-18(13)20-17-9-8-15-4-2-3-5-16(15)11-17/h2-11H,12,19H2,1H3. The van der Waals surface area contributed by atoms with Crippen molar-refractivity contribution < 1.29 is 4.74 Å². The van der Waals surface area contributed by atoms with Crippen LogP contribution in [0.1, 0.15) is 11.1 Å². The van der Waals surface area contributed by atoms with E-state index >= 15 is 0 Å². The van der Waals surface area contributed by atoms with E-state index in [0.717, 1.165) is 22.6 Å². The van der Waals surface area contributed by atoms with Crippen LogP contribution in [0.3, 0.4) is 0 Å². The van der Waals surface area contributed by atoms with Gasteiger partial charge in [-0.2, -0.15) is 0 Å². The van der Waals surface area contributed by atoms with E-state index in [-0.39, 0.29) is 0 Å². The molecule has 0 aliphatic carbocycles. The summed E-state index contributed by atoms with van der Waals surface area (Å²) in [7, 11) is 0. The summed E-state index contributed by atoms with van der Waals surface area (Å²) in [5, 5.41) is 2.39. The Morgan fingerprint density at radius 3 is 2.50 bits per heavy atom. The summed E-state index contributed by atoms with van der Waals surface area (Å²) in [4.78, 5) is 0. The van der Waals surface area contributed by atoms with Crippen LogP contribution in [0.5, 0.6) is 11.5 Å². The molecule has 20 heavy (non-hydrogen) atoms. The lowest BCUT2D eigenvalue weighted by molar-refractivity contribution is 0.479. The highest BCUT2D eigenvalue weighted by atomic mass is 16.5. The molecule has 2 N–H and O–H groups in total. The highest BCUT2D eigenvalue weighted by molar-refractivity contribution is 5.83. The minimum atomic E-state index is 0.522. The largest absolute Gasteiger partial charge is 0.457 e. The molecular weight excluding hydrogens is 246 g/mol. The highest BCUT2D eigenvalue weighted by Gasteiger charge is 2.04. The molecule has 0 fully saturated rings. The van der Waals surface area contributed by atoms with Crippen molar-refractivity contribution in [2.75, 3.05) is 0 Å². The maximum absolute atomic E-state index is 6.00. The summed E-state index contributed by atoms with van der Waals surface area (Å²) in [5.74, 6) is 1.71. The van der Waals surface area contributed by atoms with Gasteiger partial charge in [0.1, 0.15) is 11.5 Å². The summed E-state index contributed by atoms with van der Waals surface area (Å²) in [6.07, 6.45) is 0. The van der Waals surface area contributed by atoms with Gasteiger partial charge in [-0.05, 0) is 47.0 Å². The summed E-state index contributed by atoms with van der Waals surface area (Å²) < 4.78 is 6.00. The molecule has 0 spiro atoms. The average Bonchev–Trinajstić information content (AvgIpc) is 2.49. The fourth-order valence-electron chi connectivity index (χ4n) is 2.24. The van der Waals surface area contributed by atoms with Crippen molar-refractivity contribution in [1.29, 1.82) is 0 Å². The first kappa shape index (κ1) is 12.7. The van der Waals surface area contributed by atoms with Crippen LogP contribution in [0, 0.1) is 6.92 Å². The van der Waals surface area contributed by atoms with Gasteiger partial charge >= 0.3 is 0 Å². The van der Waals surface area contributed by atoms with E-state index in [1.165, 1.54) is 10.8 Å². The average molecular weight is 263 g/mol. The molecule has 0 saturated carbocycles. The van der Waals surface area contributed by atoms with Gasteiger partial charge in [-0.15, -0.1) is 0 Å². The Labute approximate surface area is 118 Å². The molecule has 100 valence electrons. The van der Waals surface area contributed by atoms with E-state index in [9.17, 15) is 0 Å². The Bertz CT molecular complexity index is 749. The van der Waals surface area contributed by atoms with Crippen LogP contribution in [0.15, 0.2) is 60.7 Å². The van der Waals surface area contributed by atoms with Crippen LogP contribution in [0.25, 0.3) is 10.8 Å². The molecule has 3 rings (SSSR count). The molecule has 3 aromatic carbocycles. The van der Waals surface area contributed by atoms with Gasteiger partial charge in [0.15, 0.2) is 0 Å². The first-order chi connectivity index (χ1) is 9.76. The lowest BCUT2D eigenvalue weighted by atomic mass is 10.1. The molecule has 0 aliphatic rings. The zero-order chi connectivity index (χ0) is 13.9. The molecule has 0 unspecified atom stereocenters. The first-order valence-corrected chi connectivity index (χ1v) is 6.72. The first-order valence-electron chi connectivity index (χ1n) is 6.72. The van der Waals surface area contributed by atoms with Crippen LogP contribution in [-0.2, 0) is 6.54 Å². The molecule has 3 aromatic rings. The molecular formula is C18H17NO. The van der Waals surface area contributed by atoms with Crippen LogP contribution in [0.2, 0.25) is 0 Å². The molecule has 0 atom stereocenters. The maximum atomic E-state index is 6.00. The Hall–Kier alpha value is -2.32. The monoisotopic (exact) mass is 263 g/mol. The Balaban J connectivity index is 1.96. The number of benzene rings is 3. The minimum Gasteiger partial charge on any atom is -0.457 e. The van der Waals surface area contributed by atoms with Crippen LogP contribution >= 0.6 is 0 Å². The zero-order valence-electron chi connectivity index (χ0n) is 11.5. The Kier molecular flexibility index (Phi) is 3.40. The molecule has 0 aliphatic heterocycles. The zero-order valence-corrected chi connectivity index (χ0v) is 11.5. The van der Waals surface area contributed by atoms with E-state index in [1.807, 2.05) is 43.3 Å². The van der Waals surface area contributed by atoms with Crippen molar-refractivity contribution in [3.63, 3.8) is 0 Å². The molecule has 2 heteroatoms. The predicted octanol–water partition coefficient (Wildman–Crippen LogP) is 4.40. The predicted molar refractivity (Wildman–Crippen MR) is 83.1 cm³/mol. The third-order valence-electron chi connectivity index (χ3n) is 3.44. The molecule has 0 bridgehead atoms. The fourth-order valence-corrected chi connectivity index (χ4v) is 2.24. The minimum absolute atomic E-state index is 0.522. The third-order valence-corrected chi connectivity index (χ3v) is 3.44. The van der Waals surface area contributed by atoms with Gasteiger partial charge < -0.3 is 10.5 Å². The summed E-state index contributed by atoms with van der Waals surface area (Å²) >= 11 is 0. The van der Waals surface area contributed by atoms with Gasteiger partial charge in [-0.25, -0.2) is 0 Å². The highest BCUT2D eigenvalue weighted by Crippen LogP contribution is 2.28. The van der Waals surface area contributed by atoms with Gasteiger partial charge in [-0.1, -0.05) is 42.5 Å². The normalized spacial score (nSPS) is 10.7. The van der Waals surface area contributed by atoms with Gasteiger partial charge in [0.25, 0.3) is 0 Å². The third kappa shape index (κ3) is 2.51. The van der Waals surface area contributed by atoms with Crippen molar-refractivity contribution in [1.82, 2.24) is 0 Å². The van der Waals surface area contributed by atoms with E-state index in [1.54, 1.807) is 0 Å². The fraction of sp³-hybridized carbons (Fsp3) is 0.111. The molecule has 2 nitrogen and oxygen atoms in total. The van der Waals surface area contributed by atoms with E-state index in [2.05, 4.69) is 24.3 Å². The molecule has 0 radical (unpaired) electrons. The van der Waals surface area contributed by atoms with Gasteiger partial charge in [-0.3, -0.25) is 0 Å². The SMILES string of the molecule is Cc1ccc(CN)cc1Oc1ccc2ccccc2c1. The molecule has 0 saturated heterocycles. The van der Waals surface area contributed by atoms with Crippen LogP contribution in [0.4, 0.5) is 0 Å². The van der Waals surface area contributed by atoms with Crippen molar-refractivity contribution in [3.8, 4) is 11.5 Å². The molecule has 0 aromatic heterocycles. The van der Waals surface area contributed by atoms with Gasteiger partial charge in [0, 0.05) is 6.54 Å². The number of hydrogen-bond donors (Lipinski definition) is 1. The molecule has 0 heterocycles. The summed E-state index contributed by atoms with van der Waals surface area (Å²) in [6, 6.07) is 20.5. The van der Waals surface area contributed by atoms with E-state index < -0.39 is 0 Å². The Morgan fingerprint density at radius 2 is 1.70 bits per heavy atom. The van der Waals surface area contributed by atoms with Crippen molar-refractivity contribution in [2.24, 2.45) is 5.73 Å². The van der Waals surface area contributed by atoms with Crippen LogP contribution < -0.4 is 10.5 Å². The van der Waals surface area contributed by atoms with Gasteiger partial charge in [0.2, 0.25) is 0 Å². The number of aryl methyl sites for hydroxylation is 1. The number of rotatable bonds is 3. The second kappa shape index (κ2) is 5.35. The number of nitrogens with two attached hydrogens (primary N) is 1. The second-order valence-corrected chi connectivity index (χ2v) is 4.91. The lowest BCUT2D eigenvalue weighted by Gasteiger charge is -2.11. The Morgan fingerprint density at radius 1 is 0.900 bits per heavy atom. The van der Waals surface area contributed by atoms with E-state index in [4.69, 9.17) is 10.5 Å². The van der Waals surface area contributed by atoms with E-state index in [0.29, 0.717) is 6.54 Å². The maximum Gasteiger partial charge on any atom is 0.130 e. The number of ether oxygens (including phenoxy) is 1. The van der Waals surface area contributed by atoms with Crippen molar-refractivity contribution in [3.05, 3.63) is 71.8 Å². The quantitative estimate of drug-likeness (QED) is 0.760. The molecule has 0 amide bonds. The van der Waals surface area contributed by atoms with Gasteiger partial charge in [0.05, 0.1) is 0 Å². The second-order valence-electron chi connectivity index (χ2n) is 4.91.